The Hall–Kier alpha value is -1.06. The molecule has 1 heterocycles. The molecule has 0 amide bonds. The summed E-state index contributed by atoms with van der Waals surface area (Å²) in [6, 6.07) is 5.48. The summed E-state index contributed by atoms with van der Waals surface area (Å²) in [4.78, 5) is 4.53. The molecule has 0 spiro atoms. The van der Waals surface area contributed by atoms with Gasteiger partial charge in [-0.2, -0.15) is 0 Å². The summed E-state index contributed by atoms with van der Waals surface area (Å²) in [6.07, 6.45) is 1.83. The Bertz CT molecular complexity index is 509. The van der Waals surface area contributed by atoms with Gasteiger partial charge in [-0.1, -0.05) is 25.4 Å². The highest BCUT2D eigenvalue weighted by atomic mass is 35.5. The zero-order valence-corrected chi connectivity index (χ0v) is 10.9. The molecule has 2 rings (SSSR count). The molecule has 0 unspecified atom stereocenters. The fourth-order valence-corrected chi connectivity index (χ4v) is 2.22. The van der Waals surface area contributed by atoms with Crippen molar-refractivity contribution in [1.82, 2.24) is 4.98 Å². The molecule has 0 aliphatic heterocycles. The van der Waals surface area contributed by atoms with Gasteiger partial charge in [0.15, 0.2) is 5.58 Å². The molecule has 1 aromatic carbocycles. The average Bonchev–Trinajstić information content (AvgIpc) is 2.75. The first kappa shape index (κ1) is 12.4. The quantitative estimate of drug-likeness (QED) is 0.906. The van der Waals surface area contributed by atoms with Gasteiger partial charge in [-0.3, -0.25) is 0 Å². The van der Waals surface area contributed by atoms with Crippen molar-refractivity contribution in [2.24, 2.45) is 5.73 Å². The van der Waals surface area contributed by atoms with Crippen LogP contribution in [-0.2, 0) is 5.41 Å². The highest BCUT2D eigenvalue weighted by Crippen LogP contribution is 2.32. The van der Waals surface area contributed by atoms with Gasteiger partial charge in [0, 0.05) is 17.6 Å². The van der Waals surface area contributed by atoms with E-state index in [1.807, 2.05) is 12.1 Å². The maximum Gasteiger partial charge on any atom is 0.202 e. The summed E-state index contributed by atoms with van der Waals surface area (Å²) in [7, 11) is 0. The lowest BCUT2D eigenvalue weighted by Gasteiger charge is -2.25. The van der Waals surface area contributed by atoms with E-state index in [-0.39, 0.29) is 5.41 Å². The van der Waals surface area contributed by atoms with Gasteiger partial charge < -0.3 is 10.2 Å². The Balaban J connectivity index is 2.55. The standard InChI is InChI=1S/C13H17ClN2O/c1-3-13(4-2,8-15)12-16-10-6-5-9(14)7-11(10)17-12/h5-7H,3-4,8,15H2,1-2H3. The van der Waals surface area contributed by atoms with Crippen LogP contribution >= 0.6 is 11.6 Å². The fourth-order valence-electron chi connectivity index (χ4n) is 2.05. The van der Waals surface area contributed by atoms with Crippen LogP contribution in [-0.4, -0.2) is 11.5 Å². The van der Waals surface area contributed by atoms with Gasteiger partial charge in [0.05, 0.1) is 5.41 Å². The zero-order valence-electron chi connectivity index (χ0n) is 10.2. The largest absolute Gasteiger partial charge is 0.440 e. The molecule has 92 valence electrons. The summed E-state index contributed by atoms with van der Waals surface area (Å²) in [5.41, 5.74) is 7.29. The summed E-state index contributed by atoms with van der Waals surface area (Å²) in [5, 5.41) is 0.659. The molecule has 3 nitrogen and oxygen atoms in total. The van der Waals surface area contributed by atoms with Crippen molar-refractivity contribution < 1.29 is 4.42 Å². The van der Waals surface area contributed by atoms with Crippen LogP contribution in [0.5, 0.6) is 0 Å². The van der Waals surface area contributed by atoms with Crippen molar-refractivity contribution in [3.05, 3.63) is 29.1 Å². The van der Waals surface area contributed by atoms with Gasteiger partial charge in [-0.15, -0.1) is 0 Å². The van der Waals surface area contributed by atoms with Crippen LogP contribution in [0.25, 0.3) is 11.1 Å². The van der Waals surface area contributed by atoms with Crippen LogP contribution in [0.2, 0.25) is 5.02 Å². The predicted molar refractivity (Wildman–Crippen MR) is 70.3 cm³/mol. The second-order valence-corrected chi connectivity index (χ2v) is 4.76. The van der Waals surface area contributed by atoms with Gasteiger partial charge in [0.25, 0.3) is 0 Å². The molecule has 0 atom stereocenters. The van der Waals surface area contributed by atoms with E-state index in [0.29, 0.717) is 11.6 Å². The first-order chi connectivity index (χ1) is 8.15. The van der Waals surface area contributed by atoms with Crippen LogP contribution in [0.3, 0.4) is 0 Å². The SMILES string of the molecule is CCC(CC)(CN)c1nc2ccc(Cl)cc2o1. The molecular formula is C13H17ClN2O. The number of aromatic nitrogens is 1. The van der Waals surface area contributed by atoms with Crippen molar-refractivity contribution in [1.29, 1.82) is 0 Å². The van der Waals surface area contributed by atoms with E-state index in [2.05, 4.69) is 18.8 Å². The minimum absolute atomic E-state index is 0.161. The minimum Gasteiger partial charge on any atom is -0.440 e. The van der Waals surface area contributed by atoms with Crippen LogP contribution in [0.1, 0.15) is 32.6 Å². The summed E-state index contributed by atoms with van der Waals surface area (Å²) in [5.74, 6) is 0.724. The van der Waals surface area contributed by atoms with E-state index >= 15 is 0 Å². The number of oxazole rings is 1. The maximum absolute atomic E-state index is 5.93. The number of hydrogen-bond acceptors (Lipinski definition) is 3. The van der Waals surface area contributed by atoms with Crippen LogP contribution < -0.4 is 5.73 Å². The number of rotatable bonds is 4. The van der Waals surface area contributed by atoms with Gasteiger partial charge >= 0.3 is 0 Å². The molecule has 2 aromatic rings. The first-order valence-electron chi connectivity index (χ1n) is 5.92. The molecule has 0 saturated carbocycles. The predicted octanol–water partition coefficient (Wildman–Crippen LogP) is 3.50. The van der Waals surface area contributed by atoms with E-state index in [1.54, 1.807) is 6.07 Å². The molecule has 2 N–H and O–H groups in total. The third-order valence-electron chi connectivity index (χ3n) is 3.55. The molecule has 0 fully saturated rings. The van der Waals surface area contributed by atoms with Gasteiger partial charge in [0.1, 0.15) is 5.52 Å². The Morgan fingerprint density at radius 3 is 2.65 bits per heavy atom. The third-order valence-corrected chi connectivity index (χ3v) is 3.78. The number of nitrogens with zero attached hydrogens (tertiary/aromatic N) is 1. The Morgan fingerprint density at radius 2 is 2.06 bits per heavy atom. The second kappa shape index (κ2) is 4.67. The molecule has 1 aromatic heterocycles. The van der Waals surface area contributed by atoms with E-state index in [4.69, 9.17) is 21.8 Å². The topological polar surface area (TPSA) is 52.0 Å². The normalized spacial score (nSPS) is 12.2. The summed E-state index contributed by atoms with van der Waals surface area (Å²) < 4.78 is 5.81. The van der Waals surface area contributed by atoms with Gasteiger partial charge in [-0.25, -0.2) is 4.98 Å². The molecule has 0 radical (unpaired) electrons. The van der Waals surface area contributed by atoms with Crippen LogP contribution in [0.4, 0.5) is 0 Å². The van der Waals surface area contributed by atoms with Crippen molar-refractivity contribution in [3.8, 4) is 0 Å². The smallest absolute Gasteiger partial charge is 0.202 e. The summed E-state index contributed by atoms with van der Waals surface area (Å²) in [6.45, 7) is 4.76. The molecular weight excluding hydrogens is 236 g/mol. The van der Waals surface area contributed by atoms with E-state index in [1.165, 1.54) is 0 Å². The van der Waals surface area contributed by atoms with Crippen molar-refractivity contribution >= 4 is 22.7 Å². The Labute approximate surface area is 106 Å². The maximum atomic E-state index is 5.93. The zero-order chi connectivity index (χ0) is 12.5. The van der Waals surface area contributed by atoms with Crippen molar-refractivity contribution in [2.75, 3.05) is 6.54 Å². The second-order valence-electron chi connectivity index (χ2n) is 4.32. The third kappa shape index (κ3) is 2.05. The molecule has 4 heteroatoms. The first-order valence-corrected chi connectivity index (χ1v) is 6.29. The Kier molecular flexibility index (Phi) is 3.40. The van der Waals surface area contributed by atoms with Crippen molar-refractivity contribution in [2.45, 2.75) is 32.1 Å². The van der Waals surface area contributed by atoms with Gasteiger partial charge in [-0.05, 0) is 25.0 Å². The molecule has 0 saturated heterocycles. The van der Waals surface area contributed by atoms with Gasteiger partial charge in [0.2, 0.25) is 5.89 Å². The average molecular weight is 253 g/mol. The van der Waals surface area contributed by atoms with Crippen LogP contribution in [0.15, 0.2) is 22.6 Å². The lowest BCUT2D eigenvalue weighted by Crippen LogP contribution is -2.34. The molecule has 0 bridgehead atoms. The summed E-state index contributed by atoms with van der Waals surface area (Å²) >= 11 is 5.93. The lowest BCUT2D eigenvalue weighted by molar-refractivity contribution is 0.316. The van der Waals surface area contributed by atoms with E-state index < -0.39 is 0 Å². The van der Waals surface area contributed by atoms with E-state index in [9.17, 15) is 0 Å². The van der Waals surface area contributed by atoms with E-state index in [0.717, 1.165) is 29.8 Å². The minimum atomic E-state index is -0.161. The number of halogens is 1. The lowest BCUT2D eigenvalue weighted by atomic mass is 9.82. The highest BCUT2D eigenvalue weighted by Gasteiger charge is 2.32. The number of nitrogens with two attached hydrogens (primary N) is 1. The highest BCUT2D eigenvalue weighted by molar-refractivity contribution is 6.31. The molecule has 17 heavy (non-hydrogen) atoms. The molecule has 0 aliphatic carbocycles. The Morgan fingerprint density at radius 1 is 1.35 bits per heavy atom. The monoisotopic (exact) mass is 252 g/mol. The van der Waals surface area contributed by atoms with Crippen molar-refractivity contribution in [3.63, 3.8) is 0 Å². The number of hydrogen-bond donors (Lipinski definition) is 1. The number of benzene rings is 1. The fraction of sp³-hybridized carbons (Fsp3) is 0.462. The number of fused-ring (bicyclic) bond motifs is 1. The van der Waals surface area contributed by atoms with Crippen LogP contribution in [0, 0.1) is 0 Å². The molecule has 0 aliphatic rings.